The number of rotatable bonds is 17. The minimum atomic E-state index is -1.92. The van der Waals surface area contributed by atoms with E-state index in [-0.39, 0.29) is 12.2 Å². The lowest BCUT2D eigenvalue weighted by atomic mass is 9.98. The number of phenolic OH excluding ortho intramolecular Hbond substituents is 1. The van der Waals surface area contributed by atoms with Crippen LogP contribution in [0.5, 0.6) is 17.2 Å². The van der Waals surface area contributed by atoms with Gasteiger partial charge >= 0.3 is 53.7 Å². The summed E-state index contributed by atoms with van der Waals surface area (Å²) in [4.78, 5) is 111. The summed E-state index contributed by atoms with van der Waals surface area (Å²) in [5, 5.41) is 11.7. The highest BCUT2D eigenvalue weighted by Crippen LogP contribution is 2.42. The molecule has 3 rings (SSSR count). The van der Waals surface area contributed by atoms with E-state index in [1.54, 1.807) is 6.92 Å². The van der Waals surface area contributed by atoms with Crippen molar-refractivity contribution in [1.29, 1.82) is 0 Å². The van der Waals surface area contributed by atoms with Crippen molar-refractivity contribution in [3.05, 3.63) is 17.7 Å². The summed E-state index contributed by atoms with van der Waals surface area (Å²) in [5.74, 6) is -10.6. The molecule has 0 saturated carbocycles. The Labute approximate surface area is 348 Å². The SMILES string of the molecule is CCCOC(=O)c1cc(OC2O[C@H](COC(C)=O)[C@H](OC(C)=O)[C@H](OC(C)=O)[C@H]2OC(C)=O)c(O)c(OC2O[C@H](COC(C)=O)[C@H](OC(C)=O)[C@H](OC(C)=O)[C@H]2OC(C)=O)c1. The van der Waals surface area contributed by atoms with Crippen LogP contribution in [0.2, 0.25) is 0 Å². The van der Waals surface area contributed by atoms with Crippen LogP contribution in [0.25, 0.3) is 0 Å². The Morgan fingerprint density at radius 1 is 0.492 bits per heavy atom. The topological polar surface area (TPSA) is 294 Å². The molecule has 1 aromatic carbocycles. The zero-order chi connectivity index (χ0) is 45.7. The van der Waals surface area contributed by atoms with Crippen molar-refractivity contribution in [1.82, 2.24) is 0 Å². The largest absolute Gasteiger partial charge is 0.502 e. The van der Waals surface area contributed by atoms with E-state index < -0.39 is 146 Å². The van der Waals surface area contributed by atoms with Crippen LogP contribution < -0.4 is 9.47 Å². The van der Waals surface area contributed by atoms with Gasteiger partial charge in [0.15, 0.2) is 35.9 Å². The first-order valence-electron chi connectivity index (χ1n) is 18.6. The third-order valence-corrected chi connectivity index (χ3v) is 8.10. The number of benzene rings is 1. The highest BCUT2D eigenvalue weighted by Gasteiger charge is 2.55. The molecule has 0 radical (unpaired) electrons. The Morgan fingerprint density at radius 2 is 0.820 bits per heavy atom. The van der Waals surface area contributed by atoms with Gasteiger partial charge in [0.2, 0.25) is 30.5 Å². The van der Waals surface area contributed by atoms with Crippen LogP contribution in [0.15, 0.2) is 12.1 Å². The highest BCUT2D eigenvalue weighted by molar-refractivity contribution is 5.91. The molecule has 0 aromatic heterocycles. The van der Waals surface area contributed by atoms with E-state index in [2.05, 4.69) is 0 Å². The smallest absolute Gasteiger partial charge is 0.338 e. The van der Waals surface area contributed by atoms with Gasteiger partial charge in [0, 0.05) is 55.4 Å². The van der Waals surface area contributed by atoms with Gasteiger partial charge in [-0.1, -0.05) is 6.92 Å². The second-order valence-electron chi connectivity index (χ2n) is 13.3. The number of carbonyl (C=O) groups is 9. The van der Waals surface area contributed by atoms with Gasteiger partial charge in [0.1, 0.15) is 25.4 Å². The minimum absolute atomic E-state index is 0.0779. The molecule has 23 nitrogen and oxygen atoms in total. The molecule has 2 heterocycles. The lowest BCUT2D eigenvalue weighted by Gasteiger charge is -2.44. The van der Waals surface area contributed by atoms with Crippen molar-refractivity contribution in [2.75, 3.05) is 19.8 Å². The molecule has 23 heteroatoms. The van der Waals surface area contributed by atoms with E-state index in [1.165, 1.54) is 0 Å². The third kappa shape index (κ3) is 14.5. The molecular formula is C38H48O23. The number of hydrogen-bond acceptors (Lipinski definition) is 23. The first-order chi connectivity index (χ1) is 28.6. The second kappa shape index (κ2) is 22.4. The molecule has 1 N–H and O–H groups in total. The summed E-state index contributed by atoms with van der Waals surface area (Å²) in [6, 6.07) is 1.92. The van der Waals surface area contributed by atoms with Gasteiger partial charge in [-0.05, 0) is 18.6 Å². The Balaban J connectivity index is 2.25. The minimum Gasteiger partial charge on any atom is -0.502 e. The van der Waals surface area contributed by atoms with Crippen molar-refractivity contribution >= 4 is 53.7 Å². The Bertz CT molecular complexity index is 1690. The van der Waals surface area contributed by atoms with Gasteiger partial charge < -0.3 is 66.7 Å². The van der Waals surface area contributed by atoms with Crippen molar-refractivity contribution in [2.45, 2.75) is 130 Å². The number of aromatic hydroxyl groups is 1. The normalized spacial score (nSPS) is 25.6. The van der Waals surface area contributed by atoms with Crippen molar-refractivity contribution in [3.63, 3.8) is 0 Å². The van der Waals surface area contributed by atoms with Crippen LogP contribution >= 0.6 is 0 Å². The monoisotopic (exact) mass is 872 g/mol. The van der Waals surface area contributed by atoms with Gasteiger partial charge in [0.25, 0.3) is 0 Å². The number of hydrogen-bond donors (Lipinski definition) is 1. The highest BCUT2D eigenvalue weighted by atomic mass is 16.8. The van der Waals surface area contributed by atoms with Gasteiger partial charge in [-0.15, -0.1) is 0 Å². The maximum absolute atomic E-state index is 13.3. The molecule has 2 aliphatic rings. The molecule has 61 heavy (non-hydrogen) atoms. The average Bonchev–Trinajstić information content (AvgIpc) is 3.14. The van der Waals surface area contributed by atoms with E-state index in [9.17, 15) is 48.3 Å². The Kier molecular flexibility index (Phi) is 18.0. The van der Waals surface area contributed by atoms with Crippen LogP contribution in [0.3, 0.4) is 0 Å². The fourth-order valence-electron chi connectivity index (χ4n) is 5.98. The predicted molar refractivity (Wildman–Crippen MR) is 194 cm³/mol. The number of esters is 9. The fourth-order valence-corrected chi connectivity index (χ4v) is 5.98. The molecule has 2 fully saturated rings. The summed E-state index contributed by atoms with van der Waals surface area (Å²) >= 11 is 0. The average molecular weight is 873 g/mol. The third-order valence-electron chi connectivity index (χ3n) is 8.10. The predicted octanol–water partition coefficient (Wildman–Crippen LogP) is 0.883. The summed E-state index contributed by atoms with van der Waals surface area (Å²) < 4.78 is 71.9. The molecule has 1 aromatic rings. The van der Waals surface area contributed by atoms with E-state index in [4.69, 9.17) is 61.6 Å². The van der Waals surface area contributed by atoms with Gasteiger partial charge in [-0.3, -0.25) is 38.4 Å². The van der Waals surface area contributed by atoms with Crippen LogP contribution in [-0.4, -0.2) is 140 Å². The molecule has 0 bridgehead atoms. The molecule has 2 saturated heterocycles. The molecular weight excluding hydrogens is 824 g/mol. The summed E-state index contributed by atoms with van der Waals surface area (Å²) in [5.41, 5.74) is -0.368. The Hall–Kier alpha value is -6.23. The van der Waals surface area contributed by atoms with Gasteiger partial charge in [0.05, 0.1) is 12.2 Å². The summed E-state index contributed by atoms with van der Waals surface area (Å²) in [6.45, 7) is 8.49. The first-order valence-corrected chi connectivity index (χ1v) is 18.6. The molecule has 10 atom stereocenters. The summed E-state index contributed by atoms with van der Waals surface area (Å²) in [6.07, 6.45) is -16.6. The summed E-state index contributed by atoms with van der Waals surface area (Å²) in [7, 11) is 0. The van der Waals surface area contributed by atoms with Gasteiger partial charge in [-0.25, -0.2) is 4.79 Å². The van der Waals surface area contributed by atoms with Gasteiger partial charge in [-0.2, -0.15) is 0 Å². The molecule has 0 aliphatic carbocycles. The first kappa shape index (κ1) is 49.1. The van der Waals surface area contributed by atoms with Crippen LogP contribution in [-0.2, 0) is 90.5 Å². The van der Waals surface area contributed by atoms with Crippen molar-refractivity contribution in [2.24, 2.45) is 0 Å². The molecule has 338 valence electrons. The van der Waals surface area contributed by atoms with Crippen LogP contribution in [0.1, 0.15) is 79.1 Å². The van der Waals surface area contributed by atoms with Crippen molar-refractivity contribution < 1.29 is 110 Å². The number of phenols is 1. The van der Waals surface area contributed by atoms with Crippen molar-refractivity contribution in [3.8, 4) is 17.2 Å². The van der Waals surface area contributed by atoms with E-state index in [0.29, 0.717) is 6.42 Å². The van der Waals surface area contributed by atoms with E-state index in [0.717, 1.165) is 67.5 Å². The lowest BCUT2D eigenvalue weighted by molar-refractivity contribution is -0.289. The lowest BCUT2D eigenvalue weighted by Crippen LogP contribution is -2.63. The second-order valence-corrected chi connectivity index (χ2v) is 13.3. The quantitative estimate of drug-likeness (QED) is 0.168. The van der Waals surface area contributed by atoms with Crippen LogP contribution in [0, 0.1) is 0 Å². The maximum atomic E-state index is 13.3. The maximum Gasteiger partial charge on any atom is 0.338 e. The zero-order valence-corrected chi connectivity index (χ0v) is 34.7. The number of carbonyl (C=O) groups excluding carboxylic acids is 9. The zero-order valence-electron chi connectivity index (χ0n) is 34.7. The molecule has 0 amide bonds. The molecule has 2 aliphatic heterocycles. The van der Waals surface area contributed by atoms with E-state index in [1.807, 2.05) is 0 Å². The molecule has 2 unspecified atom stereocenters. The fraction of sp³-hybridized carbons (Fsp3) is 0.605. The Morgan fingerprint density at radius 3 is 1.13 bits per heavy atom. The molecule has 0 spiro atoms. The number of ether oxygens (including phenoxy) is 13. The van der Waals surface area contributed by atoms with Crippen LogP contribution in [0.4, 0.5) is 0 Å². The van der Waals surface area contributed by atoms with E-state index >= 15 is 0 Å². The standard InChI is InChI=1S/C38H48O23/c1-10-11-49-36(48)24-12-25(58-37-34(56-22(8)45)32(54-20(6)43)30(52-18(4)41)27(60-37)14-50-16(2)39)29(47)26(13-24)59-38-35(57-23(9)46)33(55-21(7)44)31(53-19(5)42)28(61-38)15-51-17(3)40/h12-13,27-28,30-35,37-38,47H,10-11,14-15H2,1-9H3/t27-,28-,30+,31+,32+,33+,34-,35-,37?,38?/m1/s1.